The van der Waals surface area contributed by atoms with Gasteiger partial charge in [0.1, 0.15) is 11.6 Å². The lowest BCUT2D eigenvalue weighted by molar-refractivity contribution is -0.146. The van der Waals surface area contributed by atoms with Crippen molar-refractivity contribution < 1.29 is 23.1 Å². The lowest BCUT2D eigenvalue weighted by atomic mass is 9.84. The van der Waals surface area contributed by atoms with Crippen LogP contribution >= 0.6 is 0 Å². The molecule has 0 N–H and O–H groups in total. The van der Waals surface area contributed by atoms with Gasteiger partial charge >= 0.3 is 0 Å². The zero-order valence-electron chi connectivity index (χ0n) is 17.7. The van der Waals surface area contributed by atoms with Gasteiger partial charge in [0.2, 0.25) is 11.8 Å². The molecule has 1 saturated carbocycles. The van der Waals surface area contributed by atoms with Gasteiger partial charge in [0.15, 0.2) is 0 Å². The molecule has 6 nitrogen and oxygen atoms in total. The number of carbonyl (C=O) groups is 2. The maximum absolute atomic E-state index is 13.3. The average molecular weight is 429 g/mol. The van der Waals surface area contributed by atoms with Gasteiger partial charge in [-0.05, 0) is 55.5 Å². The largest absolute Gasteiger partial charge is 0.467 e. The number of benzene rings is 1. The smallest absolute Gasteiger partial charge is 0.242 e. The van der Waals surface area contributed by atoms with E-state index < -0.39 is 0 Å². The first kappa shape index (κ1) is 21.6. The van der Waals surface area contributed by atoms with E-state index in [0.717, 1.165) is 37.7 Å². The van der Waals surface area contributed by atoms with Gasteiger partial charge in [0, 0.05) is 25.6 Å². The second-order valence-electron chi connectivity index (χ2n) is 8.44. The van der Waals surface area contributed by atoms with Crippen LogP contribution in [0.25, 0.3) is 0 Å². The van der Waals surface area contributed by atoms with Crippen molar-refractivity contribution >= 4 is 11.8 Å². The van der Waals surface area contributed by atoms with Crippen LogP contribution in [-0.2, 0) is 27.4 Å². The zero-order chi connectivity index (χ0) is 21.6. The van der Waals surface area contributed by atoms with Gasteiger partial charge in [-0.25, -0.2) is 4.39 Å². The molecule has 0 radical (unpaired) electrons. The van der Waals surface area contributed by atoms with Crippen LogP contribution in [0.1, 0.15) is 43.4 Å². The van der Waals surface area contributed by atoms with Gasteiger partial charge in [0.05, 0.1) is 25.5 Å². The third-order valence-electron chi connectivity index (χ3n) is 6.11. The van der Waals surface area contributed by atoms with Crippen LogP contribution in [0.5, 0.6) is 0 Å². The minimum atomic E-state index is -0.318. The molecular formula is C24H29FN2O4. The van der Waals surface area contributed by atoms with Crippen molar-refractivity contribution in [1.82, 2.24) is 9.80 Å². The summed E-state index contributed by atoms with van der Waals surface area (Å²) < 4.78 is 24.5. The topological polar surface area (TPSA) is 63.0 Å². The van der Waals surface area contributed by atoms with E-state index >= 15 is 0 Å². The highest BCUT2D eigenvalue weighted by molar-refractivity contribution is 5.86. The van der Waals surface area contributed by atoms with Gasteiger partial charge in [-0.3, -0.25) is 9.59 Å². The van der Waals surface area contributed by atoms with Gasteiger partial charge in [-0.15, -0.1) is 0 Å². The molecule has 1 aromatic carbocycles. The van der Waals surface area contributed by atoms with Crippen molar-refractivity contribution in [2.75, 3.05) is 19.7 Å². The van der Waals surface area contributed by atoms with E-state index in [1.165, 1.54) is 12.1 Å². The Kier molecular flexibility index (Phi) is 7.02. The summed E-state index contributed by atoms with van der Waals surface area (Å²) in [5.41, 5.74) is 0.817. The maximum atomic E-state index is 13.3. The van der Waals surface area contributed by atoms with Crippen LogP contribution in [0.3, 0.4) is 0 Å². The Balaban J connectivity index is 1.48. The molecule has 2 aliphatic rings. The second kappa shape index (κ2) is 10.1. The van der Waals surface area contributed by atoms with E-state index in [1.54, 1.807) is 34.3 Å². The number of ether oxygens (including phenoxy) is 1. The molecule has 31 heavy (non-hydrogen) atoms. The summed E-state index contributed by atoms with van der Waals surface area (Å²) in [5.74, 6) is 0.249. The number of nitrogens with zero attached hydrogens (tertiary/aromatic N) is 2. The van der Waals surface area contributed by atoms with E-state index in [-0.39, 0.29) is 42.7 Å². The van der Waals surface area contributed by atoms with Crippen molar-refractivity contribution in [3.05, 3.63) is 59.8 Å². The van der Waals surface area contributed by atoms with Crippen molar-refractivity contribution in [2.24, 2.45) is 5.92 Å². The summed E-state index contributed by atoms with van der Waals surface area (Å²) in [6.45, 7) is 1.77. The monoisotopic (exact) mass is 428 g/mol. The molecule has 0 unspecified atom stereocenters. The van der Waals surface area contributed by atoms with Crippen molar-refractivity contribution in [3.63, 3.8) is 0 Å². The third kappa shape index (κ3) is 5.73. The minimum Gasteiger partial charge on any atom is -0.467 e. The number of hydrogen-bond donors (Lipinski definition) is 0. The highest BCUT2D eigenvalue weighted by atomic mass is 19.1. The van der Waals surface area contributed by atoms with E-state index in [1.807, 2.05) is 6.07 Å². The maximum Gasteiger partial charge on any atom is 0.242 e. The van der Waals surface area contributed by atoms with Gasteiger partial charge in [0.25, 0.3) is 0 Å². The van der Waals surface area contributed by atoms with Crippen LogP contribution in [0.15, 0.2) is 47.1 Å². The summed E-state index contributed by atoms with van der Waals surface area (Å²) >= 11 is 0. The molecule has 1 aromatic heterocycles. The van der Waals surface area contributed by atoms with Crippen LogP contribution in [0.2, 0.25) is 0 Å². The fourth-order valence-corrected chi connectivity index (χ4v) is 4.08. The number of rotatable bonds is 9. The number of amides is 2. The molecule has 166 valence electrons. The third-order valence-corrected chi connectivity index (χ3v) is 6.11. The molecular weight excluding hydrogens is 399 g/mol. The van der Waals surface area contributed by atoms with Crippen molar-refractivity contribution in [2.45, 2.75) is 51.3 Å². The predicted octanol–water partition coefficient (Wildman–Crippen LogP) is 3.76. The van der Waals surface area contributed by atoms with Crippen LogP contribution in [0.4, 0.5) is 4.39 Å². The van der Waals surface area contributed by atoms with E-state index in [4.69, 9.17) is 9.15 Å². The molecule has 1 aliphatic heterocycles. The Labute approximate surface area is 182 Å². The SMILES string of the molecule is O=C(CN(C[C@@H]1CCCO1)C(=O)C1CCC1)N(Cc1ccc(F)cc1)Cc1ccco1. The fourth-order valence-electron chi connectivity index (χ4n) is 4.08. The molecule has 1 aliphatic carbocycles. The normalized spacial score (nSPS) is 18.5. The molecule has 2 heterocycles. The lowest BCUT2D eigenvalue weighted by Gasteiger charge is -2.34. The first-order chi connectivity index (χ1) is 15.1. The van der Waals surface area contributed by atoms with Crippen molar-refractivity contribution in [1.29, 1.82) is 0 Å². The number of hydrogen-bond acceptors (Lipinski definition) is 4. The molecule has 1 saturated heterocycles. The first-order valence-electron chi connectivity index (χ1n) is 11.0. The van der Waals surface area contributed by atoms with Gasteiger partial charge in [-0.1, -0.05) is 18.6 Å². The molecule has 2 amide bonds. The Morgan fingerprint density at radius 1 is 1.00 bits per heavy atom. The molecule has 2 aromatic rings. The Bertz CT molecular complexity index is 858. The number of furan rings is 1. The summed E-state index contributed by atoms with van der Waals surface area (Å²) in [6, 6.07) is 9.70. The second-order valence-corrected chi connectivity index (χ2v) is 8.44. The molecule has 4 rings (SSSR count). The average Bonchev–Trinajstić information content (AvgIpc) is 3.41. The standard InChI is InChI=1S/C24H29FN2O4/c25-20-10-8-18(9-11-20)14-26(15-21-6-2-12-30-21)23(28)17-27(16-22-7-3-13-31-22)24(29)19-4-1-5-19/h2,6,8-12,19,22H,1,3-5,7,13-17H2/t22-/m0/s1. The van der Waals surface area contributed by atoms with Crippen LogP contribution < -0.4 is 0 Å². The van der Waals surface area contributed by atoms with Gasteiger partial charge < -0.3 is 19.0 Å². The number of carbonyl (C=O) groups excluding carboxylic acids is 2. The Morgan fingerprint density at radius 2 is 1.81 bits per heavy atom. The minimum absolute atomic E-state index is 0.00699. The summed E-state index contributed by atoms with van der Waals surface area (Å²) in [5, 5.41) is 0. The molecule has 2 fully saturated rings. The predicted molar refractivity (Wildman–Crippen MR) is 112 cm³/mol. The fraction of sp³-hybridized carbons (Fsp3) is 0.500. The summed E-state index contributed by atoms with van der Waals surface area (Å²) in [6.07, 6.45) is 6.30. The summed E-state index contributed by atoms with van der Waals surface area (Å²) in [4.78, 5) is 29.7. The zero-order valence-corrected chi connectivity index (χ0v) is 17.7. The Hall–Kier alpha value is -2.67. The number of halogens is 1. The lowest BCUT2D eigenvalue weighted by Crippen LogP contribution is -2.48. The highest BCUT2D eigenvalue weighted by Crippen LogP contribution is 2.29. The van der Waals surface area contributed by atoms with Crippen molar-refractivity contribution in [3.8, 4) is 0 Å². The highest BCUT2D eigenvalue weighted by Gasteiger charge is 2.33. The van der Waals surface area contributed by atoms with E-state index in [2.05, 4.69) is 0 Å². The molecule has 0 spiro atoms. The van der Waals surface area contributed by atoms with Gasteiger partial charge in [-0.2, -0.15) is 0 Å². The summed E-state index contributed by atoms with van der Waals surface area (Å²) in [7, 11) is 0. The van der Waals surface area contributed by atoms with E-state index in [0.29, 0.717) is 25.5 Å². The first-order valence-corrected chi connectivity index (χ1v) is 11.0. The van der Waals surface area contributed by atoms with Crippen LogP contribution in [0, 0.1) is 11.7 Å². The quantitative estimate of drug-likeness (QED) is 0.610. The Morgan fingerprint density at radius 3 is 2.42 bits per heavy atom. The molecule has 0 bridgehead atoms. The molecule has 1 atom stereocenters. The molecule has 7 heteroatoms. The van der Waals surface area contributed by atoms with E-state index in [9.17, 15) is 14.0 Å². The van der Waals surface area contributed by atoms with Crippen LogP contribution in [-0.4, -0.2) is 47.4 Å².